The van der Waals surface area contributed by atoms with Gasteiger partial charge in [-0.05, 0) is 71.8 Å². The van der Waals surface area contributed by atoms with E-state index in [2.05, 4.69) is 16.5 Å². The molecule has 0 spiro atoms. The number of amides is 1. The number of rotatable bonds is 9. The molecule has 1 unspecified atom stereocenters. The summed E-state index contributed by atoms with van der Waals surface area (Å²) in [5, 5.41) is 15.4. The molecule has 0 radical (unpaired) electrons. The first-order valence-corrected chi connectivity index (χ1v) is 12.9. The van der Waals surface area contributed by atoms with Crippen molar-refractivity contribution in [3.8, 4) is 11.8 Å². The number of nitrogens with zero attached hydrogens (tertiary/aromatic N) is 3. The standard InChI is InChI=1S/C30H25F4N5O2.ClH/c31-24-10-9-22(28(41-17-18-7-8-18)21-5-1-3-19(11-21)15-35)13-25(24)37-29(40)26-14-27(30(32,33)34)38-39(26)23-6-2-4-20(12-23)16-36;/h1-6,9-14,18,28H,7-8,16-17,36H2,(H,37,40);1H. The van der Waals surface area contributed by atoms with Crippen molar-refractivity contribution in [3.05, 3.63) is 112 Å². The molecular formula is C30H26ClF4N5O2. The Bertz CT molecular complexity index is 1630. The molecule has 7 nitrogen and oxygen atoms in total. The molecule has 218 valence electrons. The third kappa shape index (κ3) is 6.97. The fourth-order valence-corrected chi connectivity index (χ4v) is 4.35. The Morgan fingerprint density at radius 3 is 2.52 bits per heavy atom. The normalized spacial score (nSPS) is 13.6. The van der Waals surface area contributed by atoms with Gasteiger partial charge in [-0.1, -0.05) is 30.3 Å². The quantitative estimate of drug-likeness (QED) is 0.212. The van der Waals surface area contributed by atoms with Crippen LogP contribution in [0.5, 0.6) is 0 Å². The van der Waals surface area contributed by atoms with Crippen molar-refractivity contribution in [2.45, 2.75) is 31.7 Å². The van der Waals surface area contributed by atoms with Crippen molar-refractivity contribution in [2.75, 3.05) is 11.9 Å². The van der Waals surface area contributed by atoms with E-state index < -0.39 is 35.4 Å². The molecule has 0 saturated heterocycles. The van der Waals surface area contributed by atoms with Gasteiger partial charge >= 0.3 is 6.18 Å². The largest absolute Gasteiger partial charge is 0.435 e. The summed E-state index contributed by atoms with van der Waals surface area (Å²) in [6, 6.07) is 19.8. The molecule has 0 bridgehead atoms. The van der Waals surface area contributed by atoms with E-state index in [0.717, 1.165) is 23.6 Å². The molecule has 42 heavy (non-hydrogen) atoms. The first-order valence-electron chi connectivity index (χ1n) is 12.9. The van der Waals surface area contributed by atoms with Gasteiger partial charge in [0.2, 0.25) is 0 Å². The molecule has 1 fully saturated rings. The van der Waals surface area contributed by atoms with E-state index in [0.29, 0.717) is 40.8 Å². The summed E-state index contributed by atoms with van der Waals surface area (Å²) in [6.07, 6.45) is -3.41. The Morgan fingerprint density at radius 2 is 1.83 bits per heavy atom. The highest BCUT2D eigenvalue weighted by Gasteiger charge is 2.36. The van der Waals surface area contributed by atoms with Crippen LogP contribution in [0, 0.1) is 23.1 Å². The van der Waals surface area contributed by atoms with E-state index in [4.69, 9.17) is 10.5 Å². The third-order valence-electron chi connectivity index (χ3n) is 6.68. The number of benzene rings is 3. The molecule has 3 aromatic carbocycles. The second-order valence-corrected chi connectivity index (χ2v) is 9.79. The second-order valence-electron chi connectivity index (χ2n) is 9.79. The van der Waals surface area contributed by atoms with Gasteiger partial charge < -0.3 is 15.8 Å². The summed E-state index contributed by atoms with van der Waals surface area (Å²) in [7, 11) is 0. The van der Waals surface area contributed by atoms with Crippen LogP contribution in [0.3, 0.4) is 0 Å². The van der Waals surface area contributed by atoms with E-state index in [-0.39, 0.29) is 30.3 Å². The second kappa shape index (κ2) is 12.7. The van der Waals surface area contributed by atoms with Crippen LogP contribution in [0.2, 0.25) is 0 Å². The van der Waals surface area contributed by atoms with Gasteiger partial charge in [0.15, 0.2) is 5.69 Å². The average Bonchev–Trinajstić information content (AvgIpc) is 3.68. The van der Waals surface area contributed by atoms with Crippen LogP contribution in [0.15, 0.2) is 72.8 Å². The Morgan fingerprint density at radius 1 is 1.10 bits per heavy atom. The number of alkyl halides is 3. The van der Waals surface area contributed by atoms with Gasteiger partial charge in [-0.25, -0.2) is 9.07 Å². The lowest BCUT2D eigenvalue weighted by atomic mass is 9.99. The molecule has 1 saturated carbocycles. The van der Waals surface area contributed by atoms with E-state index in [1.807, 2.05) is 0 Å². The minimum absolute atomic E-state index is 0. The molecule has 4 aromatic rings. The Labute approximate surface area is 245 Å². The molecule has 1 aliphatic carbocycles. The van der Waals surface area contributed by atoms with Crippen LogP contribution in [0.25, 0.3) is 5.69 Å². The SMILES string of the molecule is Cl.N#Cc1cccc(C(OCC2CC2)c2ccc(F)c(NC(=O)c3cc(C(F)(F)F)nn3-c3cccc(CN)c3)c2)c1. The summed E-state index contributed by atoms with van der Waals surface area (Å²) >= 11 is 0. The van der Waals surface area contributed by atoms with Gasteiger partial charge in [0.25, 0.3) is 5.91 Å². The summed E-state index contributed by atoms with van der Waals surface area (Å²) < 4.78 is 62.7. The van der Waals surface area contributed by atoms with Crippen LogP contribution in [-0.2, 0) is 17.5 Å². The number of hydrogen-bond acceptors (Lipinski definition) is 5. The molecule has 12 heteroatoms. The van der Waals surface area contributed by atoms with Crippen LogP contribution in [-0.4, -0.2) is 22.3 Å². The average molecular weight is 600 g/mol. The van der Waals surface area contributed by atoms with Gasteiger partial charge in [0.1, 0.15) is 17.6 Å². The van der Waals surface area contributed by atoms with Gasteiger partial charge in [-0.2, -0.15) is 23.5 Å². The van der Waals surface area contributed by atoms with Crippen LogP contribution < -0.4 is 11.1 Å². The monoisotopic (exact) mass is 599 g/mol. The molecule has 1 amide bonds. The minimum atomic E-state index is -4.82. The highest BCUT2D eigenvalue weighted by molar-refractivity contribution is 6.03. The number of anilines is 1. The van der Waals surface area contributed by atoms with Gasteiger partial charge in [-0.15, -0.1) is 12.4 Å². The number of carbonyl (C=O) groups is 1. The predicted octanol–water partition coefficient (Wildman–Crippen LogP) is 6.55. The van der Waals surface area contributed by atoms with Crippen LogP contribution in [0.4, 0.5) is 23.2 Å². The summed E-state index contributed by atoms with van der Waals surface area (Å²) in [6.45, 7) is 0.587. The number of nitrogens with one attached hydrogen (secondary N) is 1. The molecule has 1 atom stereocenters. The zero-order chi connectivity index (χ0) is 29.1. The zero-order valence-electron chi connectivity index (χ0n) is 22.1. The number of carbonyl (C=O) groups excluding carboxylic acids is 1. The smallest absolute Gasteiger partial charge is 0.368 e. The molecule has 1 heterocycles. The molecule has 5 rings (SSSR count). The minimum Gasteiger partial charge on any atom is -0.368 e. The highest BCUT2D eigenvalue weighted by atomic mass is 35.5. The van der Waals surface area contributed by atoms with E-state index in [1.165, 1.54) is 24.3 Å². The first kappa shape index (κ1) is 30.7. The van der Waals surface area contributed by atoms with Gasteiger partial charge in [-0.3, -0.25) is 4.79 Å². The van der Waals surface area contributed by atoms with E-state index >= 15 is 0 Å². The number of ether oxygens (including phenoxy) is 1. The Hall–Kier alpha value is -4.24. The molecular weight excluding hydrogens is 574 g/mol. The maximum absolute atomic E-state index is 15.0. The maximum Gasteiger partial charge on any atom is 0.435 e. The fraction of sp³-hybridized carbons (Fsp3) is 0.233. The van der Waals surface area contributed by atoms with Crippen molar-refractivity contribution < 1.29 is 27.1 Å². The number of hydrogen-bond donors (Lipinski definition) is 2. The number of aromatic nitrogens is 2. The summed E-state index contributed by atoms with van der Waals surface area (Å²) in [5.41, 5.74) is 6.09. The molecule has 1 aliphatic rings. The summed E-state index contributed by atoms with van der Waals surface area (Å²) in [4.78, 5) is 13.3. The van der Waals surface area contributed by atoms with Gasteiger partial charge in [0.05, 0.1) is 29.6 Å². The van der Waals surface area contributed by atoms with Gasteiger partial charge in [0, 0.05) is 12.6 Å². The molecule has 3 N–H and O–H groups in total. The number of nitrogens with two attached hydrogens (primary N) is 1. The third-order valence-corrected chi connectivity index (χ3v) is 6.68. The van der Waals surface area contributed by atoms with E-state index in [9.17, 15) is 27.6 Å². The van der Waals surface area contributed by atoms with Crippen molar-refractivity contribution in [2.24, 2.45) is 11.7 Å². The highest BCUT2D eigenvalue weighted by Crippen LogP contribution is 2.35. The molecule has 1 aromatic heterocycles. The van der Waals surface area contributed by atoms with Crippen LogP contribution >= 0.6 is 12.4 Å². The Kier molecular flexibility index (Phi) is 9.31. The lowest BCUT2D eigenvalue weighted by Crippen LogP contribution is -2.18. The summed E-state index contributed by atoms with van der Waals surface area (Å²) in [5.74, 6) is -1.37. The van der Waals surface area contributed by atoms with Crippen molar-refractivity contribution in [1.82, 2.24) is 9.78 Å². The topological polar surface area (TPSA) is 106 Å². The van der Waals surface area contributed by atoms with Crippen molar-refractivity contribution in [1.29, 1.82) is 5.26 Å². The predicted molar refractivity (Wildman–Crippen MR) is 150 cm³/mol. The number of halogens is 5. The Balaban J connectivity index is 0.00000405. The zero-order valence-corrected chi connectivity index (χ0v) is 22.9. The lowest BCUT2D eigenvalue weighted by Gasteiger charge is -2.20. The number of nitriles is 1. The van der Waals surface area contributed by atoms with Crippen molar-refractivity contribution >= 4 is 24.0 Å². The molecule has 0 aliphatic heterocycles. The first-order chi connectivity index (χ1) is 19.7. The van der Waals surface area contributed by atoms with Crippen molar-refractivity contribution in [3.63, 3.8) is 0 Å². The lowest BCUT2D eigenvalue weighted by molar-refractivity contribution is -0.141. The maximum atomic E-state index is 15.0. The fourth-order valence-electron chi connectivity index (χ4n) is 4.35. The van der Waals surface area contributed by atoms with E-state index in [1.54, 1.807) is 36.4 Å². The van der Waals surface area contributed by atoms with Crippen LogP contribution in [0.1, 0.15) is 57.4 Å².